The summed E-state index contributed by atoms with van der Waals surface area (Å²) in [4.78, 5) is 3.08. The Kier molecular flexibility index (Phi) is 4.70. The fourth-order valence-corrected chi connectivity index (χ4v) is 2.90. The first-order chi connectivity index (χ1) is 10.1. The van der Waals surface area contributed by atoms with Crippen molar-refractivity contribution in [3.63, 3.8) is 0 Å². The summed E-state index contributed by atoms with van der Waals surface area (Å²) in [6, 6.07) is 6.23. The standard InChI is InChI=1S/C16H20F3NOS/c1-15(2,3)14(22)20-10-4-5-13(20)11-6-8-12(9-7-11)21-16(17,18)19/h6-9,13H,4-5,10H2,1-3H3. The van der Waals surface area contributed by atoms with Crippen molar-refractivity contribution in [1.82, 2.24) is 4.90 Å². The number of hydrogen-bond acceptors (Lipinski definition) is 2. The zero-order valence-electron chi connectivity index (χ0n) is 12.9. The second kappa shape index (κ2) is 6.07. The lowest BCUT2D eigenvalue weighted by atomic mass is 9.94. The molecule has 1 fully saturated rings. The molecule has 0 amide bonds. The topological polar surface area (TPSA) is 12.5 Å². The van der Waals surface area contributed by atoms with E-state index in [9.17, 15) is 13.2 Å². The summed E-state index contributed by atoms with van der Waals surface area (Å²) in [5.41, 5.74) is 0.871. The van der Waals surface area contributed by atoms with Gasteiger partial charge in [0.15, 0.2) is 0 Å². The molecule has 0 aliphatic carbocycles. The highest BCUT2D eigenvalue weighted by atomic mass is 32.1. The van der Waals surface area contributed by atoms with E-state index in [1.54, 1.807) is 12.1 Å². The maximum atomic E-state index is 12.2. The lowest BCUT2D eigenvalue weighted by molar-refractivity contribution is -0.274. The predicted octanol–water partition coefficient (Wildman–Crippen LogP) is 5.10. The van der Waals surface area contributed by atoms with Crippen LogP contribution in [0, 0.1) is 5.41 Å². The fourth-order valence-electron chi connectivity index (χ4n) is 2.68. The molecule has 6 heteroatoms. The Balaban J connectivity index is 2.15. The summed E-state index contributed by atoms with van der Waals surface area (Å²) in [7, 11) is 0. The van der Waals surface area contributed by atoms with E-state index in [1.807, 2.05) is 0 Å². The van der Waals surface area contributed by atoms with Gasteiger partial charge in [0.25, 0.3) is 0 Å². The van der Waals surface area contributed by atoms with Gasteiger partial charge >= 0.3 is 6.36 Å². The molecule has 0 saturated carbocycles. The summed E-state index contributed by atoms with van der Waals surface area (Å²) < 4.78 is 40.5. The Morgan fingerprint density at radius 3 is 2.27 bits per heavy atom. The van der Waals surface area contributed by atoms with E-state index in [4.69, 9.17) is 12.2 Å². The summed E-state index contributed by atoms with van der Waals surface area (Å²) in [6.07, 6.45) is -2.67. The van der Waals surface area contributed by atoms with Gasteiger partial charge in [-0.2, -0.15) is 0 Å². The van der Waals surface area contributed by atoms with Gasteiger partial charge in [-0.05, 0) is 30.5 Å². The van der Waals surface area contributed by atoms with Crippen LogP contribution in [0.4, 0.5) is 13.2 Å². The summed E-state index contributed by atoms with van der Waals surface area (Å²) in [6.45, 7) is 7.11. The highest BCUT2D eigenvalue weighted by Gasteiger charge is 2.33. The molecule has 1 heterocycles. The molecule has 1 aliphatic heterocycles. The molecule has 1 atom stereocenters. The van der Waals surface area contributed by atoms with Crippen LogP contribution in [0.15, 0.2) is 24.3 Å². The van der Waals surface area contributed by atoms with Crippen molar-refractivity contribution in [3.8, 4) is 5.75 Å². The first-order valence-corrected chi connectivity index (χ1v) is 7.65. The van der Waals surface area contributed by atoms with Gasteiger partial charge in [0.2, 0.25) is 0 Å². The number of halogens is 3. The minimum absolute atomic E-state index is 0.0999. The van der Waals surface area contributed by atoms with E-state index in [-0.39, 0.29) is 17.2 Å². The second-order valence-corrected chi connectivity index (χ2v) is 6.91. The minimum atomic E-state index is -4.66. The van der Waals surface area contributed by atoms with Crippen LogP contribution in [0.1, 0.15) is 45.2 Å². The van der Waals surface area contributed by atoms with Crippen LogP contribution >= 0.6 is 12.2 Å². The second-order valence-electron chi connectivity index (χ2n) is 6.52. The van der Waals surface area contributed by atoms with Crippen molar-refractivity contribution in [2.75, 3.05) is 6.54 Å². The normalized spacial score (nSPS) is 19.4. The van der Waals surface area contributed by atoms with Gasteiger partial charge in [-0.15, -0.1) is 13.2 Å². The average Bonchev–Trinajstić information content (AvgIpc) is 2.84. The maximum Gasteiger partial charge on any atom is 0.573 e. The molecule has 1 unspecified atom stereocenters. The number of benzene rings is 1. The van der Waals surface area contributed by atoms with Crippen molar-refractivity contribution in [2.45, 2.75) is 46.0 Å². The van der Waals surface area contributed by atoms with Crippen LogP contribution in [-0.4, -0.2) is 22.8 Å². The van der Waals surface area contributed by atoms with Crippen LogP contribution in [0.25, 0.3) is 0 Å². The molecule has 0 spiro atoms. The van der Waals surface area contributed by atoms with Gasteiger partial charge < -0.3 is 9.64 Å². The largest absolute Gasteiger partial charge is 0.573 e. The van der Waals surface area contributed by atoms with Gasteiger partial charge in [-0.3, -0.25) is 0 Å². The third kappa shape index (κ3) is 4.12. The molecular weight excluding hydrogens is 311 g/mol. The molecule has 2 nitrogen and oxygen atoms in total. The van der Waals surface area contributed by atoms with Crippen LogP contribution in [0.3, 0.4) is 0 Å². The molecule has 22 heavy (non-hydrogen) atoms. The first-order valence-electron chi connectivity index (χ1n) is 7.25. The Morgan fingerprint density at radius 1 is 1.18 bits per heavy atom. The molecule has 0 bridgehead atoms. The summed E-state index contributed by atoms with van der Waals surface area (Å²) in [5.74, 6) is -0.195. The number of rotatable bonds is 2. The smallest absolute Gasteiger partial charge is 0.406 e. The lowest BCUT2D eigenvalue weighted by Gasteiger charge is -2.34. The van der Waals surface area contributed by atoms with Gasteiger partial charge in [-0.25, -0.2) is 0 Å². The molecule has 1 aliphatic rings. The molecule has 122 valence electrons. The van der Waals surface area contributed by atoms with Gasteiger partial charge in [0.05, 0.1) is 11.0 Å². The van der Waals surface area contributed by atoms with Gasteiger partial charge in [0.1, 0.15) is 5.75 Å². The molecule has 2 rings (SSSR count). The minimum Gasteiger partial charge on any atom is -0.406 e. The van der Waals surface area contributed by atoms with Crippen molar-refractivity contribution >= 4 is 17.2 Å². The Bertz CT molecular complexity index is 534. The van der Waals surface area contributed by atoms with Crippen LogP contribution in [-0.2, 0) is 0 Å². The number of likely N-dealkylation sites (tertiary alicyclic amines) is 1. The van der Waals surface area contributed by atoms with E-state index in [0.717, 1.165) is 29.9 Å². The quantitative estimate of drug-likeness (QED) is 0.700. The molecule has 1 saturated heterocycles. The third-order valence-electron chi connectivity index (χ3n) is 3.65. The molecule has 0 aromatic heterocycles. The number of ether oxygens (including phenoxy) is 1. The summed E-state index contributed by atoms with van der Waals surface area (Å²) in [5, 5.41) is 0. The van der Waals surface area contributed by atoms with E-state index < -0.39 is 6.36 Å². The number of alkyl halides is 3. The number of hydrogen-bond donors (Lipinski definition) is 0. The molecular formula is C16H20F3NOS. The van der Waals surface area contributed by atoms with Crippen LogP contribution in [0.2, 0.25) is 0 Å². The zero-order chi connectivity index (χ0) is 16.5. The monoisotopic (exact) mass is 331 g/mol. The van der Waals surface area contributed by atoms with Crippen molar-refractivity contribution in [2.24, 2.45) is 5.41 Å². The van der Waals surface area contributed by atoms with Gasteiger partial charge in [0, 0.05) is 12.0 Å². The van der Waals surface area contributed by atoms with Crippen molar-refractivity contribution < 1.29 is 17.9 Å². The third-order valence-corrected chi connectivity index (χ3v) is 4.50. The highest BCUT2D eigenvalue weighted by molar-refractivity contribution is 7.80. The SMILES string of the molecule is CC(C)(C)C(=S)N1CCCC1c1ccc(OC(F)(F)F)cc1. The average molecular weight is 331 g/mol. The molecule has 0 N–H and O–H groups in total. The Labute approximate surface area is 134 Å². The maximum absolute atomic E-state index is 12.2. The Morgan fingerprint density at radius 2 is 1.77 bits per heavy atom. The van der Waals surface area contributed by atoms with E-state index in [0.29, 0.717) is 0 Å². The van der Waals surface area contributed by atoms with E-state index in [1.165, 1.54) is 12.1 Å². The molecule has 1 aromatic rings. The van der Waals surface area contributed by atoms with Crippen LogP contribution in [0.5, 0.6) is 5.75 Å². The molecule has 0 radical (unpaired) electrons. The number of nitrogens with zero attached hydrogens (tertiary/aromatic N) is 1. The van der Waals surface area contributed by atoms with Crippen molar-refractivity contribution in [3.05, 3.63) is 29.8 Å². The predicted molar refractivity (Wildman–Crippen MR) is 83.9 cm³/mol. The Hall–Kier alpha value is -1.30. The van der Waals surface area contributed by atoms with E-state index in [2.05, 4.69) is 30.4 Å². The van der Waals surface area contributed by atoms with E-state index >= 15 is 0 Å². The molecule has 1 aromatic carbocycles. The van der Waals surface area contributed by atoms with Crippen molar-refractivity contribution in [1.29, 1.82) is 0 Å². The first kappa shape index (κ1) is 17.1. The van der Waals surface area contributed by atoms with Crippen LogP contribution < -0.4 is 4.74 Å². The number of thiocarbonyl (C=S) groups is 1. The lowest BCUT2D eigenvalue weighted by Crippen LogP contribution is -2.37. The summed E-state index contributed by atoms with van der Waals surface area (Å²) >= 11 is 5.58. The van der Waals surface area contributed by atoms with Gasteiger partial charge in [-0.1, -0.05) is 45.1 Å². The fraction of sp³-hybridized carbons (Fsp3) is 0.562. The zero-order valence-corrected chi connectivity index (χ0v) is 13.7. The highest BCUT2D eigenvalue weighted by Crippen LogP contribution is 2.36.